The lowest BCUT2D eigenvalue weighted by Gasteiger charge is -2.30. The molecule has 0 aliphatic rings. The van der Waals surface area contributed by atoms with E-state index in [2.05, 4.69) is 24.8 Å². The summed E-state index contributed by atoms with van der Waals surface area (Å²) in [4.78, 5) is 2.16. The van der Waals surface area contributed by atoms with Crippen LogP contribution in [0.4, 0.5) is 5.69 Å². The minimum atomic E-state index is 0.235. The molecule has 0 heterocycles. The first-order valence-electron chi connectivity index (χ1n) is 6.82. The fraction of sp³-hybridized carbons (Fsp3) is 0.235. The average Bonchev–Trinajstić information content (AvgIpc) is 2.47. The summed E-state index contributed by atoms with van der Waals surface area (Å²) in [6.07, 6.45) is 0. The molecular weight excluding hydrogens is 339 g/mol. The molecule has 0 spiro atoms. The Labute approximate surface area is 145 Å². The molecule has 0 aliphatic heterocycles. The molecule has 0 aliphatic carbocycles. The molecule has 2 rings (SSSR count). The molecule has 114 valence electrons. The minimum absolute atomic E-state index is 0.235. The molecule has 0 N–H and O–H groups in total. The molecule has 0 fully saturated rings. The molecule has 0 atom stereocenters. The summed E-state index contributed by atoms with van der Waals surface area (Å²) in [5.74, 6) is 0. The Morgan fingerprint density at radius 1 is 1.05 bits per heavy atom. The zero-order valence-electron chi connectivity index (χ0n) is 12.3. The number of hydrogen-bond acceptors (Lipinski definition) is 2. The van der Waals surface area contributed by atoms with Crippen molar-refractivity contribution >= 4 is 40.5 Å². The van der Waals surface area contributed by atoms with Crippen molar-refractivity contribution in [3.05, 3.63) is 62.6 Å². The predicted molar refractivity (Wildman–Crippen MR) is 93.9 cm³/mol. The van der Waals surface area contributed by atoms with Gasteiger partial charge in [0.15, 0.2) is 0 Å². The number of hydrogen-bond donors (Lipinski definition) is 0. The number of nitriles is 1. The number of benzene rings is 2. The number of halogens is 3. The van der Waals surface area contributed by atoms with Crippen LogP contribution in [-0.4, -0.2) is 6.04 Å². The molecule has 0 saturated carbocycles. The Morgan fingerprint density at radius 2 is 1.77 bits per heavy atom. The minimum Gasteiger partial charge on any atom is -0.365 e. The van der Waals surface area contributed by atoms with Crippen LogP contribution in [-0.2, 0) is 6.54 Å². The Kier molecular flexibility index (Phi) is 5.58. The molecular formula is C17H15Cl3N2. The standard InChI is InChI=1S/C17H15Cl3N2/c1-11(2)22(10-13-7-14(18)4-6-16(13)19)15-5-3-12(9-21)17(20)8-15/h3-8,11H,10H2,1-2H3. The van der Waals surface area contributed by atoms with Gasteiger partial charge in [-0.15, -0.1) is 0 Å². The van der Waals surface area contributed by atoms with Crippen molar-refractivity contribution in [3.63, 3.8) is 0 Å². The second-order valence-electron chi connectivity index (χ2n) is 5.23. The molecule has 0 bridgehead atoms. The van der Waals surface area contributed by atoms with Gasteiger partial charge in [-0.05, 0) is 55.8 Å². The van der Waals surface area contributed by atoms with Gasteiger partial charge >= 0.3 is 0 Å². The monoisotopic (exact) mass is 352 g/mol. The van der Waals surface area contributed by atoms with Crippen LogP contribution in [0.5, 0.6) is 0 Å². The van der Waals surface area contributed by atoms with E-state index in [1.807, 2.05) is 12.1 Å². The zero-order chi connectivity index (χ0) is 16.3. The van der Waals surface area contributed by atoms with Crippen LogP contribution < -0.4 is 4.90 Å². The van der Waals surface area contributed by atoms with Gasteiger partial charge in [0.2, 0.25) is 0 Å². The predicted octanol–water partition coefficient (Wildman–Crippen LogP) is 5.93. The molecule has 2 aromatic carbocycles. The fourth-order valence-electron chi connectivity index (χ4n) is 2.19. The highest BCUT2D eigenvalue weighted by Crippen LogP contribution is 2.29. The molecule has 0 amide bonds. The van der Waals surface area contributed by atoms with Crippen LogP contribution in [0.3, 0.4) is 0 Å². The van der Waals surface area contributed by atoms with Crippen molar-refractivity contribution in [2.45, 2.75) is 26.4 Å². The highest BCUT2D eigenvalue weighted by molar-refractivity contribution is 6.33. The van der Waals surface area contributed by atoms with Gasteiger partial charge in [-0.25, -0.2) is 0 Å². The summed E-state index contributed by atoms with van der Waals surface area (Å²) in [5, 5.41) is 10.8. The maximum Gasteiger partial charge on any atom is 0.101 e. The molecule has 0 saturated heterocycles. The zero-order valence-corrected chi connectivity index (χ0v) is 14.5. The lowest BCUT2D eigenvalue weighted by molar-refractivity contribution is 0.682. The van der Waals surface area contributed by atoms with Gasteiger partial charge in [0, 0.05) is 28.3 Å². The van der Waals surface area contributed by atoms with E-state index in [-0.39, 0.29) is 6.04 Å². The van der Waals surface area contributed by atoms with Crippen LogP contribution >= 0.6 is 34.8 Å². The third-order valence-corrected chi connectivity index (χ3v) is 4.29. The first kappa shape index (κ1) is 17.0. The van der Waals surface area contributed by atoms with Crippen LogP contribution in [0, 0.1) is 11.3 Å². The summed E-state index contributed by atoms with van der Waals surface area (Å²) in [6, 6.07) is 13.2. The van der Waals surface area contributed by atoms with E-state index in [1.54, 1.807) is 24.3 Å². The van der Waals surface area contributed by atoms with Crippen molar-refractivity contribution in [2.75, 3.05) is 4.90 Å². The summed E-state index contributed by atoms with van der Waals surface area (Å²) in [5.41, 5.74) is 2.35. The van der Waals surface area contributed by atoms with Crippen molar-refractivity contribution < 1.29 is 0 Å². The normalized spacial score (nSPS) is 10.6. The van der Waals surface area contributed by atoms with Crippen molar-refractivity contribution in [3.8, 4) is 6.07 Å². The van der Waals surface area contributed by atoms with Crippen LogP contribution in [0.2, 0.25) is 15.1 Å². The highest BCUT2D eigenvalue weighted by atomic mass is 35.5. The molecule has 5 heteroatoms. The summed E-state index contributed by atoms with van der Waals surface area (Å²) in [6.45, 7) is 4.79. The van der Waals surface area contributed by atoms with Crippen molar-refractivity contribution in [2.24, 2.45) is 0 Å². The van der Waals surface area contributed by atoms with Crippen molar-refractivity contribution in [1.29, 1.82) is 5.26 Å². The molecule has 0 aromatic heterocycles. The lowest BCUT2D eigenvalue weighted by Crippen LogP contribution is -2.30. The van der Waals surface area contributed by atoms with E-state index >= 15 is 0 Å². The molecule has 22 heavy (non-hydrogen) atoms. The van der Waals surface area contributed by atoms with Gasteiger partial charge < -0.3 is 4.90 Å². The quantitative estimate of drug-likeness (QED) is 0.680. The summed E-state index contributed by atoms with van der Waals surface area (Å²) >= 11 is 18.5. The SMILES string of the molecule is CC(C)N(Cc1cc(Cl)ccc1Cl)c1ccc(C#N)c(Cl)c1. The third-order valence-electron chi connectivity index (χ3n) is 3.38. The average molecular weight is 354 g/mol. The van der Waals surface area contributed by atoms with Crippen molar-refractivity contribution in [1.82, 2.24) is 0 Å². The van der Waals surface area contributed by atoms with E-state index in [0.29, 0.717) is 27.2 Å². The van der Waals surface area contributed by atoms with E-state index in [0.717, 1.165) is 11.3 Å². The number of anilines is 1. The molecule has 2 aromatic rings. The van der Waals surface area contributed by atoms with Gasteiger partial charge in [-0.3, -0.25) is 0 Å². The van der Waals surface area contributed by atoms with Crippen LogP contribution in [0.25, 0.3) is 0 Å². The maximum atomic E-state index is 8.98. The largest absolute Gasteiger partial charge is 0.365 e. The summed E-state index contributed by atoms with van der Waals surface area (Å²) < 4.78 is 0. The van der Waals surface area contributed by atoms with Gasteiger partial charge in [0.25, 0.3) is 0 Å². The van der Waals surface area contributed by atoms with Gasteiger partial charge in [0.1, 0.15) is 6.07 Å². The van der Waals surface area contributed by atoms with E-state index in [4.69, 9.17) is 40.1 Å². The van der Waals surface area contributed by atoms with Crippen LogP contribution in [0.15, 0.2) is 36.4 Å². The van der Waals surface area contributed by atoms with Gasteiger partial charge in [-0.1, -0.05) is 34.8 Å². The Balaban J connectivity index is 2.37. The molecule has 0 unspecified atom stereocenters. The number of rotatable bonds is 4. The number of nitrogens with zero attached hydrogens (tertiary/aromatic N) is 2. The molecule has 0 radical (unpaired) electrons. The van der Waals surface area contributed by atoms with Crippen LogP contribution in [0.1, 0.15) is 25.0 Å². The Morgan fingerprint density at radius 3 is 2.36 bits per heavy atom. The second kappa shape index (κ2) is 7.24. The second-order valence-corrected chi connectivity index (χ2v) is 6.48. The maximum absolute atomic E-state index is 8.98. The smallest absolute Gasteiger partial charge is 0.101 e. The highest BCUT2D eigenvalue weighted by Gasteiger charge is 2.15. The van der Waals surface area contributed by atoms with E-state index < -0.39 is 0 Å². The third kappa shape index (κ3) is 3.87. The van der Waals surface area contributed by atoms with E-state index in [9.17, 15) is 0 Å². The topological polar surface area (TPSA) is 27.0 Å². The van der Waals surface area contributed by atoms with Gasteiger partial charge in [-0.2, -0.15) is 5.26 Å². The molecule has 2 nitrogen and oxygen atoms in total. The lowest BCUT2D eigenvalue weighted by atomic mass is 10.1. The first-order valence-corrected chi connectivity index (χ1v) is 7.96. The van der Waals surface area contributed by atoms with Gasteiger partial charge in [0.05, 0.1) is 10.6 Å². The first-order chi connectivity index (χ1) is 10.4. The fourth-order valence-corrected chi connectivity index (χ4v) is 2.78. The summed E-state index contributed by atoms with van der Waals surface area (Å²) in [7, 11) is 0. The Hall–Kier alpha value is -1.40. The Bertz CT molecular complexity index is 720. The van der Waals surface area contributed by atoms with E-state index in [1.165, 1.54) is 0 Å².